The molecule has 5 aromatic rings. The summed E-state index contributed by atoms with van der Waals surface area (Å²) in [5.41, 5.74) is 13.3. The minimum Gasteiger partial charge on any atom is -0.344 e. The Bertz CT molecular complexity index is 2660. The van der Waals surface area contributed by atoms with Crippen LogP contribution in [0.25, 0.3) is 27.1 Å². The lowest BCUT2D eigenvalue weighted by atomic mass is 9.79. The van der Waals surface area contributed by atoms with Gasteiger partial charge in [0.1, 0.15) is 6.54 Å². The number of pyridine rings is 1. The first-order valence-electron chi connectivity index (χ1n) is 19.0. The van der Waals surface area contributed by atoms with Gasteiger partial charge in [0, 0.05) is 53.4 Å². The van der Waals surface area contributed by atoms with Crippen LogP contribution in [0.1, 0.15) is 76.6 Å². The molecule has 0 saturated carbocycles. The minimum absolute atomic E-state index is 0.0921. The zero-order chi connectivity index (χ0) is 38.2. The third-order valence-corrected chi connectivity index (χ3v) is 12.8. The van der Waals surface area contributed by atoms with Crippen molar-refractivity contribution in [1.29, 1.82) is 0 Å². The van der Waals surface area contributed by atoms with Crippen LogP contribution in [0.5, 0.6) is 0 Å². The number of aromatic nitrogens is 1. The van der Waals surface area contributed by atoms with Crippen LogP contribution in [0.2, 0.25) is 0 Å². The maximum atomic E-state index is 11.9. The predicted octanol–water partition coefficient (Wildman–Crippen LogP) is 10.8. The van der Waals surface area contributed by atoms with Crippen LogP contribution in [-0.2, 0) is 20.9 Å². The van der Waals surface area contributed by atoms with E-state index in [0.29, 0.717) is 0 Å². The molecule has 0 saturated heterocycles. The Balaban J connectivity index is 1.21. The molecule has 7 heteroatoms. The largest absolute Gasteiger partial charge is 0.344 e. The first-order chi connectivity index (χ1) is 25.7. The van der Waals surface area contributed by atoms with E-state index in [4.69, 9.17) is 0 Å². The van der Waals surface area contributed by atoms with Gasteiger partial charge in [-0.15, -0.1) is 0 Å². The Labute approximate surface area is 319 Å². The van der Waals surface area contributed by atoms with Gasteiger partial charge in [-0.1, -0.05) is 61.9 Å². The van der Waals surface area contributed by atoms with E-state index in [9.17, 15) is 13.0 Å². The van der Waals surface area contributed by atoms with Gasteiger partial charge < -0.3 is 4.90 Å². The summed E-state index contributed by atoms with van der Waals surface area (Å²) >= 11 is 0. The monoisotopic (exact) mass is 734 g/mol. The summed E-state index contributed by atoms with van der Waals surface area (Å²) in [6.45, 7) is 17.5. The number of benzene rings is 4. The Kier molecular flexibility index (Phi) is 8.66. The molecule has 274 valence electrons. The normalized spacial score (nSPS) is 19.4. The molecule has 4 aromatic carbocycles. The SMILES string of the molecule is CCN1/C(=C/C=C2\CCC(/C=C/C3=[N+](CC)c4ccc5cc(S(=O)(=O)O)ccc5c4C3(C)C)=C2c2ccncc2)C(C)(C)c2c1ccc1cc(C)ccc21. The maximum absolute atomic E-state index is 11.9. The fourth-order valence-corrected chi connectivity index (χ4v) is 9.95. The first kappa shape index (κ1) is 35.9. The van der Waals surface area contributed by atoms with Gasteiger partial charge in [0.15, 0.2) is 5.71 Å². The fraction of sp³-hybridized carbons (Fsp3) is 0.277. The molecule has 6 nitrogen and oxygen atoms in total. The lowest BCUT2D eigenvalue weighted by Gasteiger charge is -2.26. The second-order valence-corrected chi connectivity index (χ2v) is 17.3. The molecule has 1 aromatic heterocycles. The molecule has 0 radical (unpaired) electrons. The van der Waals surface area contributed by atoms with Crippen LogP contribution in [0, 0.1) is 6.92 Å². The van der Waals surface area contributed by atoms with Crippen molar-refractivity contribution in [2.75, 3.05) is 18.0 Å². The number of aryl methyl sites for hydroxylation is 1. The van der Waals surface area contributed by atoms with E-state index >= 15 is 0 Å². The molecule has 54 heavy (non-hydrogen) atoms. The van der Waals surface area contributed by atoms with Gasteiger partial charge in [-0.3, -0.25) is 9.54 Å². The highest BCUT2D eigenvalue weighted by Crippen LogP contribution is 2.51. The molecule has 0 fully saturated rings. The van der Waals surface area contributed by atoms with Gasteiger partial charge in [-0.2, -0.15) is 13.0 Å². The van der Waals surface area contributed by atoms with Gasteiger partial charge in [0.2, 0.25) is 5.69 Å². The van der Waals surface area contributed by atoms with Crippen molar-refractivity contribution < 1.29 is 17.5 Å². The van der Waals surface area contributed by atoms with Crippen LogP contribution < -0.4 is 4.90 Å². The van der Waals surface area contributed by atoms with Crippen molar-refractivity contribution in [3.63, 3.8) is 0 Å². The molecule has 3 aliphatic rings. The molecule has 3 heterocycles. The minimum atomic E-state index is -4.30. The Morgan fingerprint density at radius 3 is 2.24 bits per heavy atom. The summed E-state index contributed by atoms with van der Waals surface area (Å²) in [7, 11) is -4.30. The lowest BCUT2D eigenvalue weighted by Crippen LogP contribution is -2.27. The van der Waals surface area contributed by atoms with Gasteiger partial charge in [-0.25, -0.2) is 0 Å². The average molecular weight is 735 g/mol. The second kappa shape index (κ2) is 13.0. The number of hydrogen-bond acceptors (Lipinski definition) is 4. The average Bonchev–Trinajstić information content (AvgIpc) is 3.73. The fourth-order valence-electron chi connectivity index (χ4n) is 9.43. The van der Waals surface area contributed by atoms with E-state index in [-0.39, 0.29) is 15.7 Å². The third-order valence-electron chi connectivity index (χ3n) is 11.9. The number of likely N-dealkylation sites (N-methyl/N-ethyl adjacent to an activating group) is 1. The number of hydrogen-bond donors (Lipinski definition) is 1. The van der Waals surface area contributed by atoms with Crippen molar-refractivity contribution in [2.45, 2.75) is 77.0 Å². The molecule has 2 aliphatic heterocycles. The van der Waals surface area contributed by atoms with E-state index in [1.165, 1.54) is 67.3 Å². The smallest absolute Gasteiger partial charge is 0.294 e. The van der Waals surface area contributed by atoms with Crippen LogP contribution in [0.3, 0.4) is 0 Å². The van der Waals surface area contributed by atoms with Gasteiger partial charge >= 0.3 is 0 Å². The molecule has 1 aliphatic carbocycles. The number of allylic oxidation sites excluding steroid dienone is 8. The van der Waals surface area contributed by atoms with Crippen molar-refractivity contribution in [3.05, 3.63) is 149 Å². The van der Waals surface area contributed by atoms with Crippen LogP contribution >= 0.6 is 0 Å². The van der Waals surface area contributed by atoms with Crippen molar-refractivity contribution in [1.82, 2.24) is 4.98 Å². The molecule has 0 amide bonds. The molecule has 8 rings (SSSR count). The summed E-state index contributed by atoms with van der Waals surface area (Å²) in [6, 6.07) is 24.5. The van der Waals surface area contributed by atoms with Crippen LogP contribution in [0.4, 0.5) is 11.4 Å². The summed E-state index contributed by atoms with van der Waals surface area (Å²) in [4.78, 5) is 6.74. The molecule has 0 spiro atoms. The number of rotatable bonds is 7. The lowest BCUT2D eigenvalue weighted by molar-refractivity contribution is -0.433. The zero-order valence-corrected chi connectivity index (χ0v) is 33.1. The summed E-state index contributed by atoms with van der Waals surface area (Å²) < 4.78 is 35.9. The van der Waals surface area contributed by atoms with Crippen molar-refractivity contribution >= 4 is 54.3 Å². The summed E-state index contributed by atoms with van der Waals surface area (Å²) in [6.07, 6.45) is 15.0. The van der Waals surface area contributed by atoms with Gasteiger partial charge in [0.05, 0.1) is 10.3 Å². The highest BCUT2D eigenvalue weighted by Gasteiger charge is 2.45. The Morgan fingerprint density at radius 1 is 0.815 bits per heavy atom. The van der Waals surface area contributed by atoms with Crippen molar-refractivity contribution in [2.24, 2.45) is 0 Å². The Morgan fingerprint density at radius 2 is 1.52 bits per heavy atom. The predicted molar refractivity (Wildman–Crippen MR) is 223 cm³/mol. The highest BCUT2D eigenvalue weighted by molar-refractivity contribution is 7.85. The second-order valence-electron chi connectivity index (χ2n) is 15.8. The van der Waals surface area contributed by atoms with E-state index in [0.717, 1.165) is 48.0 Å². The van der Waals surface area contributed by atoms with Gasteiger partial charge in [0.25, 0.3) is 10.1 Å². The molecule has 0 bridgehead atoms. The maximum Gasteiger partial charge on any atom is 0.294 e. The quantitative estimate of drug-likeness (QED) is 0.133. The van der Waals surface area contributed by atoms with Crippen molar-refractivity contribution in [3.8, 4) is 0 Å². The number of nitrogens with zero attached hydrogens (tertiary/aromatic N) is 3. The number of fused-ring (bicyclic) bond motifs is 6. The molecule has 0 unspecified atom stereocenters. The summed E-state index contributed by atoms with van der Waals surface area (Å²) in [5.74, 6) is 0. The Hall–Kier alpha value is -5.11. The summed E-state index contributed by atoms with van der Waals surface area (Å²) in [5, 5.41) is 4.40. The van der Waals surface area contributed by atoms with E-state index < -0.39 is 10.1 Å². The highest BCUT2D eigenvalue weighted by atomic mass is 32.2. The van der Waals surface area contributed by atoms with E-state index in [2.05, 4.69) is 136 Å². The number of anilines is 1. The standard InChI is InChI=1S/C47H47N3O3S/c1-8-49-39-20-13-34-28-30(3)10-18-37(34)44(39)46(4,5)41(49)22-15-31-11-12-32(43(31)33-24-26-48-27-25-33)16-23-42-47(6,7)45-38-19-17-36(54(51,52)53)29-35(38)14-21-40(45)50(42)9-2/h10,13-29H,8-9,11-12H2,1-7H3/p+1. The van der Waals surface area contributed by atoms with E-state index in [1.807, 2.05) is 24.5 Å². The topological polar surface area (TPSA) is 73.5 Å². The molecular weight excluding hydrogens is 687 g/mol. The van der Waals surface area contributed by atoms with Crippen LogP contribution in [-0.4, -0.2) is 41.3 Å². The molecular formula is C47H48N3O3S+. The first-order valence-corrected chi connectivity index (χ1v) is 20.4. The van der Waals surface area contributed by atoms with Gasteiger partial charge in [-0.05, 0) is 139 Å². The van der Waals surface area contributed by atoms with Crippen LogP contribution in [0.15, 0.2) is 131 Å². The molecule has 0 atom stereocenters. The third kappa shape index (κ3) is 5.68. The molecule has 1 N–H and O–H groups in total. The zero-order valence-electron chi connectivity index (χ0n) is 32.2. The van der Waals surface area contributed by atoms with E-state index in [1.54, 1.807) is 6.07 Å².